The van der Waals surface area contributed by atoms with E-state index in [9.17, 15) is 0 Å². The fraction of sp³-hybridized carbons (Fsp3) is 0.800. The first-order valence-corrected chi connectivity index (χ1v) is 5.27. The minimum atomic E-state index is -0.208. The zero-order valence-corrected chi connectivity index (χ0v) is 9.73. The summed E-state index contributed by atoms with van der Waals surface area (Å²) in [4.78, 5) is 4.22. The summed E-state index contributed by atoms with van der Waals surface area (Å²) in [5.74, 6) is 1.32. The van der Waals surface area contributed by atoms with Crippen LogP contribution in [0, 0.1) is 5.92 Å². The molecule has 86 valence electrons. The van der Waals surface area contributed by atoms with Crippen LogP contribution < -0.4 is 5.73 Å². The predicted molar refractivity (Wildman–Crippen MR) is 56.1 cm³/mol. The van der Waals surface area contributed by atoms with Crippen molar-refractivity contribution in [1.82, 2.24) is 10.1 Å². The van der Waals surface area contributed by atoms with Crippen molar-refractivity contribution >= 4 is 0 Å². The van der Waals surface area contributed by atoms with Crippen molar-refractivity contribution in [1.29, 1.82) is 0 Å². The summed E-state index contributed by atoms with van der Waals surface area (Å²) in [5, 5.41) is 3.85. The van der Waals surface area contributed by atoms with Gasteiger partial charge in [0, 0.05) is 6.61 Å². The molecular weight excluding hydrogens is 194 g/mol. The summed E-state index contributed by atoms with van der Waals surface area (Å²) in [6.45, 7) is 8.47. The molecule has 0 bridgehead atoms. The number of ether oxygens (including phenoxy) is 1. The highest BCUT2D eigenvalue weighted by Gasteiger charge is 2.20. The highest BCUT2D eigenvalue weighted by Crippen LogP contribution is 2.19. The Kier molecular flexibility index (Phi) is 4.23. The number of aromatic nitrogens is 2. The third-order valence-corrected chi connectivity index (χ3v) is 2.24. The van der Waals surface area contributed by atoms with Gasteiger partial charge in [-0.1, -0.05) is 19.0 Å². The molecule has 0 aliphatic heterocycles. The zero-order chi connectivity index (χ0) is 11.4. The van der Waals surface area contributed by atoms with Crippen LogP contribution in [0.4, 0.5) is 0 Å². The highest BCUT2D eigenvalue weighted by molar-refractivity contribution is 4.95. The number of nitrogens with two attached hydrogens (primary N) is 1. The molecule has 1 rings (SSSR count). The summed E-state index contributed by atoms with van der Waals surface area (Å²) in [6, 6.07) is -0.208. The van der Waals surface area contributed by atoms with Crippen LogP contribution in [-0.4, -0.2) is 16.7 Å². The summed E-state index contributed by atoms with van der Waals surface area (Å²) < 4.78 is 10.4. The quantitative estimate of drug-likeness (QED) is 0.807. The van der Waals surface area contributed by atoms with E-state index in [-0.39, 0.29) is 18.1 Å². The van der Waals surface area contributed by atoms with E-state index < -0.39 is 0 Å². The van der Waals surface area contributed by atoms with Crippen LogP contribution in [0.3, 0.4) is 0 Å². The topological polar surface area (TPSA) is 74.2 Å². The van der Waals surface area contributed by atoms with Gasteiger partial charge in [-0.3, -0.25) is 0 Å². The average molecular weight is 213 g/mol. The molecule has 2 unspecified atom stereocenters. The van der Waals surface area contributed by atoms with Crippen molar-refractivity contribution < 1.29 is 9.26 Å². The van der Waals surface area contributed by atoms with Crippen LogP contribution >= 0.6 is 0 Å². The normalized spacial score (nSPS) is 15.6. The maximum Gasteiger partial charge on any atom is 0.243 e. The molecule has 0 spiro atoms. The van der Waals surface area contributed by atoms with Crippen molar-refractivity contribution in [2.24, 2.45) is 11.7 Å². The molecule has 0 fully saturated rings. The molecule has 0 saturated heterocycles. The molecule has 5 nitrogen and oxygen atoms in total. The van der Waals surface area contributed by atoms with E-state index in [4.69, 9.17) is 15.0 Å². The molecule has 1 heterocycles. The first kappa shape index (κ1) is 12.1. The average Bonchev–Trinajstić information content (AvgIpc) is 2.65. The Bertz CT molecular complexity index is 299. The van der Waals surface area contributed by atoms with E-state index in [1.54, 1.807) is 0 Å². The fourth-order valence-electron chi connectivity index (χ4n) is 1.16. The van der Waals surface area contributed by atoms with Gasteiger partial charge >= 0.3 is 0 Å². The summed E-state index contributed by atoms with van der Waals surface area (Å²) >= 11 is 0. The molecule has 2 N–H and O–H groups in total. The van der Waals surface area contributed by atoms with Crippen molar-refractivity contribution in [3.63, 3.8) is 0 Å². The molecule has 0 amide bonds. The van der Waals surface area contributed by atoms with E-state index in [1.165, 1.54) is 0 Å². The van der Waals surface area contributed by atoms with Crippen LogP contribution in [-0.2, 0) is 4.74 Å². The smallest absolute Gasteiger partial charge is 0.243 e. The van der Waals surface area contributed by atoms with Crippen LogP contribution in [0.15, 0.2) is 4.52 Å². The van der Waals surface area contributed by atoms with E-state index in [1.807, 2.05) is 27.7 Å². The van der Waals surface area contributed by atoms with Crippen molar-refractivity contribution in [3.05, 3.63) is 11.7 Å². The zero-order valence-electron chi connectivity index (χ0n) is 9.73. The Hall–Kier alpha value is -0.940. The lowest BCUT2D eigenvalue weighted by molar-refractivity contribution is 0.0683. The maximum absolute atomic E-state index is 5.89. The van der Waals surface area contributed by atoms with E-state index in [0.29, 0.717) is 18.3 Å². The first-order chi connectivity index (χ1) is 7.06. The highest BCUT2D eigenvalue weighted by atomic mass is 16.5. The van der Waals surface area contributed by atoms with Crippen molar-refractivity contribution in [2.75, 3.05) is 6.61 Å². The van der Waals surface area contributed by atoms with Gasteiger partial charge in [0.25, 0.3) is 0 Å². The van der Waals surface area contributed by atoms with Crippen LogP contribution in [0.25, 0.3) is 0 Å². The Morgan fingerprint density at radius 2 is 2.07 bits per heavy atom. The number of hydrogen-bond acceptors (Lipinski definition) is 5. The largest absolute Gasteiger partial charge is 0.371 e. The molecule has 2 atom stereocenters. The molecule has 1 aromatic rings. The second-order valence-electron chi connectivity index (χ2n) is 3.86. The molecule has 0 aliphatic rings. The second kappa shape index (κ2) is 5.23. The number of rotatable bonds is 5. The Morgan fingerprint density at radius 1 is 1.40 bits per heavy atom. The van der Waals surface area contributed by atoms with Gasteiger partial charge in [0.1, 0.15) is 6.10 Å². The van der Waals surface area contributed by atoms with Gasteiger partial charge in [-0.15, -0.1) is 0 Å². The molecule has 0 saturated carbocycles. The minimum Gasteiger partial charge on any atom is -0.371 e. The second-order valence-corrected chi connectivity index (χ2v) is 3.86. The van der Waals surface area contributed by atoms with Crippen LogP contribution in [0.1, 0.15) is 51.6 Å². The first-order valence-electron chi connectivity index (χ1n) is 5.27. The molecule has 0 aliphatic carbocycles. The fourth-order valence-corrected chi connectivity index (χ4v) is 1.16. The molecule has 0 aromatic carbocycles. The summed E-state index contributed by atoms with van der Waals surface area (Å²) in [7, 11) is 0. The Balaban J connectivity index is 2.71. The molecular formula is C10H19N3O2. The molecule has 15 heavy (non-hydrogen) atoms. The van der Waals surface area contributed by atoms with Gasteiger partial charge in [-0.25, -0.2) is 0 Å². The predicted octanol–water partition coefficient (Wildman–Crippen LogP) is 1.82. The standard InChI is InChI=1S/C10H19N3O2/c1-5-14-7(4)9-12-10(15-13-9)8(11)6(2)3/h6-8H,5,11H2,1-4H3. The Morgan fingerprint density at radius 3 is 2.60 bits per heavy atom. The third-order valence-electron chi connectivity index (χ3n) is 2.24. The Labute approximate surface area is 90.0 Å². The van der Waals surface area contributed by atoms with Crippen LogP contribution in [0.5, 0.6) is 0 Å². The lowest BCUT2D eigenvalue weighted by atomic mass is 10.1. The number of nitrogens with zero attached hydrogens (tertiary/aromatic N) is 2. The van der Waals surface area contributed by atoms with Gasteiger partial charge in [-0.2, -0.15) is 4.98 Å². The van der Waals surface area contributed by atoms with Gasteiger partial charge in [-0.05, 0) is 19.8 Å². The third kappa shape index (κ3) is 3.00. The van der Waals surface area contributed by atoms with Gasteiger partial charge < -0.3 is 15.0 Å². The maximum atomic E-state index is 5.89. The molecule has 1 aromatic heterocycles. The number of hydrogen-bond donors (Lipinski definition) is 1. The van der Waals surface area contributed by atoms with Gasteiger partial charge in [0.05, 0.1) is 6.04 Å². The van der Waals surface area contributed by atoms with Gasteiger partial charge in [0.2, 0.25) is 5.89 Å². The monoisotopic (exact) mass is 213 g/mol. The van der Waals surface area contributed by atoms with E-state index in [0.717, 1.165) is 0 Å². The molecule has 0 radical (unpaired) electrons. The van der Waals surface area contributed by atoms with Crippen molar-refractivity contribution in [3.8, 4) is 0 Å². The van der Waals surface area contributed by atoms with Crippen LogP contribution in [0.2, 0.25) is 0 Å². The summed E-state index contributed by atoms with van der Waals surface area (Å²) in [5.41, 5.74) is 5.89. The minimum absolute atomic E-state index is 0.146. The summed E-state index contributed by atoms with van der Waals surface area (Å²) in [6.07, 6.45) is -0.146. The van der Waals surface area contributed by atoms with E-state index >= 15 is 0 Å². The van der Waals surface area contributed by atoms with Gasteiger partial charge in [0.15, 0.2) is 5.82 Å². The van der Waals surface area contributed by atoms with Crippen molar-refractivity contribution in [2.45, 2.75) is 39.8 Å². The van der Waals surface area contributed by atoms with E-state index in [2.05, 4.69) is 10.1 Å². The SMILES string of the molecule is CCOC(C)c1noc(C(N)C(C)C)n1. The molecule has 5 heteroatoms. The lowest BCUT2D eigenvalue weighted by Crippen LogP contribution is -2.17. The lowest BCUT2D eigenvalue weighted by Gasteiger charge is -2.09.